The van der Waals surface area contributed by atoms with Gasteiger partial charge in [0.1, 0.15) is 0 Å². The Balaban J connectivity index is 1.59. The van der Waals surface area contributed by atoms with Gasteiger partial charge in [0.05, 0.1) is 61.5 Å². The summed E-state index contributed by atoms with van der Waals surface area (Å²) in [6.07, 6.45) is 4.81. The van der Waals surface area contributed by atoms with Crippen LogP contribution in [0.25, 0.3) is 6.08 Å². The minimum absolute atomic E-state index is 0.0954. The molecule has 0 spiro atoms. The van der Waals surface area contributed by atoms with Crippen LogP contribution in [-0.4, -0.2) is 54.4 Å². The molecule has 1 aliphatic heterocycles. The van der Waals surface area contributed by atoms with Crippen molar-refractivity contribution in [2.24, 2.45) is 11.8 Å². The van der Waals surface area contributed by atoms with Crippen LogP contribution in [0.15, 0.2) is 60.7 Å². The summed E-state index contributed by atoms with van der Waals surface area (Å²) in [6, 6.07) is 17.2. The Morgan fingerprint density at radius 2 is 1.29 bits per heavy atom. The van der Waals surface area contributed by atoms with Crippen molar-refractivity contribution in [3.05, 3.63) is 77.4 Å². The van der Waals surface area contributed by atoms with Gasteiger partial charge in [-0.3, -0.25) is 0 Å². The SMILES string of the molecule is COc1ccc(/C=C\C[C@@H]2C[C@@H](C(O)c3ccc(OC)c(OC)c3)CO[C@H]2c2ccc(OC)c(OC)c2)cc1OC. The number of aliphatic hydroxyl groups is 1. The summed E-state index contributed by atoms with van der Waals surface area (Å²) in [6.45, 7) is 0.407. The summed E-state index contributed by atoms with van der Waals surface area (Å²) >= 11 is 0. The summed E-state index contributed by atoms with van der Waals surface area (Å²) in [5.74, 6) is 3.87. The lowest BCUT2D eigenvalue weighted by Crippen LogP contribution is -2.32. The Kier molecular flexibility index (Phi) is 10.4. The van der Waals surface area contributed by atoms with E-state index in [0.29, 0.717) is 41.1 Å². The Morgan fingerprint density at radius 1 is 0.732 bits per heavy atom. The highest BCUT2D eigenvalue weighted by molar-refractivity contribution is 5.56. The molecule has 0 radical (unpaired) electrons. The topological polar surface area (TPSA) is 84.8 Å². The van der Waals surface area contributed by atoms with Crippen molar-refractivity contribution >= 4 is 6.08 Å². The molecule has 0 amide bonds. The van der Waals surface area contributed by atoms with Gasteiger partial charge in [-0.05, 0) is 71.8 Å². The Labute approximate surface area is 242 Å². The molecule has 41 heavy (non-hydrogen) atoms. The van der Waals surface area contributed by atoms with E-state index in [1.807, 2.05) is 54.6 Å². The molecule has 220 valence electrons. The summed E-state index contributed by atoms with van der Waals surface area (Å²) in [4.78, 5) is 0. The highest BCUT2D eigenvalue weighted by Gasteiger charge is 2.36. The molecule has 1 fully saturated rings. The predicted molar refractivity (Wildman–Crippen MR) is 158 cm³/mol. The molecule has 4 rings (SSSR count). The van der Waals surface area contributed by atoms with Gasteiger partial charge in [-0.2, -0.15) is 0 Å². The second-order valence-corrected chi connectivity index (χ2v) is 9.94. The van der Waals surface area contributed by atoms with Crippen molar-refractivity contribution in [1.29, 1.82) is 0 Å². The third-order valence-corrected chi connectivity index (χ3v) is 7.61. The van der Waals surface area contributed by atoms with Gasteiger partial charge in [0, 0.05) is 5.92 Å². The van der Waals surface area contributed by atoms with Crippen LogP contribution in [0, 0.1) is 11.8 Å². The number of hydrogen-bond donors (Lipinski definition) is 1. The Morgan fingerprint density at radius 3 is 1.93 bits per heavy atom. The van der Waals surface area contributed by atoms with Crippen molar-refractivity contribution in [3.63, 3.8) is 0 Å². The fourth-order valence-corrected chi connectivity index (χ4v) is 5.43. The van der Waals surface area contributed by atoms with Gasteiger partial charge in [0.2, 0.25) is 0 Å². The van der Waals surface area contributed by atoms with Crippen LogP contribution in [0.3, 0.4) is 0 Å². The average molecular weight is 565 g/mol. The van der Waals surface area contributed by atoms with Crippen LogP contribution in [0.5, 0.6) is 34.5 Å². The fourth-order valence-electron chi connectivity index (χ4n) is 5.43. The van der Waals surface area contributed by atoms with Crippen molar-refractivity contribution in [3.8, 4) is 34.5 Å². The largest absolute Gasteiger partial charge is 0.493 e. The second-order valence-electron chi connectivity index (χ2n) is 9.94. The van der Waals surface area contributed by atoms with Crippen LogP contribution >= 0.6 is 0 Å². The molecule has 0 aromatic heterocycles. The smallest absolute Gasteiger partial charge is 0.161 e. The van der Waals surface area contributed by atoms with Crippen molar-refractivity contribution in [2.75, 3.05) is 49.3 Å². The van der Waals surface area contributed by atoms with Crippen LogP contribution in [-0.2, 0) is 4.74 Å². The second kappa shape index (κ2) is 14.1. The third-order valence-electron chi connectivity index (χ3n) is 7.61. The van der Waals surface area contributed by atoms with Crippen LogP contribution in [0.1, 0.15) is 41.7 Å². The van der Waals surface area contributed by atoms with E-state index in [2.05, 4.69) is 12.2 Å². The molecule has 8 heteroatoms. The van der Waals surface area contributed by atoms with Crippen molar-refractivity contribution < 1.29 is 38.3 Å². The minimum Gasteiger partial charge on any atom is -0.493 e. The van der Waals surface area contributed by atoms with Gasteiger partial charge in [0.25, 0.3) is 0 Å². The minimum atomic E-state index is -0.724. The molecule has 0 aliphatic carbocycles. The first-order valence-corrected chi connectivity index (χ1v) is 13.6. The van der Waals surface area contributed by atoms with Gasteiger partial charge in [-0.25, -0.2) is 0 Å². The summed E-state index contributed by atoms with van der Waals surface area (Å²) < 4.78 is 39.1. The third kappa shape index (κ3) is 6.89. The first-order chi connectivity index (χ1) is 20.0. The summed E-state index contributed by atoms with van der Waals surface area (Å²) in [7, 11) is 9.68. The van der Waals surface area contributed by atoms with E-state index in [1.54, 1.807) is 42.7 Å². The van der Waals surface area contributed by atoms with E-state index in [0.717, 1.165) is 29.5 Å². The number of benzene rings is 3. The molecule has 0 saturated carbocycles. The lowest BCUT2D eigenvalue weighted by atomic mass is 9.79. The standard InChI is InChI=1S/C33H40O8/c1-35-26-13-10-21(16-29(26)38-4)8-7-9-23-17-25(32(34)22-11-14-27(36-2)30(18-22)39-5)20-41-33(23)24-12-15-28(37-3)31(19-24)40-6/h7-8,10-16,18-19,23,25,32-34H,9,17,20H2,1-6H3/b8-7-/t23-,25-,32?,33-/m1/s1. The fraction of sp³-hybridized carbons (Fsp3) is 0.394. The van der Waals surface area contributed by atoms with E-state index in [4.69, 9.17) is 33.2 Å². The van der Waals surface area contributed by atoms with E-state index in [1.165, 1.54) is 0 Å². The number of allylic oxidation sites excluding steroid dienone is 1. The molecule has 1 saturated heterocycles. The van der Waals surface area contributed by atoms with Gasteiger partial charge in [0.15, 0.2) is 34.5 Å². The molecule has 1 aliphatic rings. The molecule has 1 N–H and O–H groups in total. The molecule has 1 heterocycles. The Hall–Kier alpha value is -3.88. The first-order valence-electron chi connectivity index (χ1n) is 13.6. The average Bonchev–Trinajstić information content (AvgIpc) is 3.03. The van der Waals surface area contributed by atoms with E-state index in [-0.39, 0.29) is 17.9 Å². The maximum Gasteiger partial charge on any atom is 0.161 e. The van der Waals surface area contributed by atoms with Crippen LogP contribution < -0.4 is 28.4 Å². The predicted octanol–water partition coefficient (Wildman–Crippen LogP) is 6.27. The van der Waals surface area contributed by atoms with E-state index >= 15 is 0 Å². The zero-order valence-electron chi connectivity index (χ0n) is 24.6. The molecular formula is C33H40O8. The highest BCUT2D eigenvalue weighted by Crippen LogP contribution is 2.44. The first kappa shape index (κ1) is 30.1. The normalized spacial score (nSPS) is 19.4. The number of aliphatic hydroxyl groups excluding tert-OH is 1. The molecule has 8 nitrogen and oxygen atoms in total. The molecular weight excluding hydrogens is 524 g/mol. The quantitative estimate of drug-likeness (QED) is 0.276. The van der Waals surface area contributed by atoms with Crippen molar-refractivity contribution in [2.45, 2.75) is 25.0 Å². The van der Waals surface area contributed by atoms with Gasteiger partial charge in [-0.15, -0.1) is 0 Å². The summed E-state index contributed by atoms with van der Waals surface area (Å²) in [5, 5.41) is 11.4. The number of rotatable bonds is 12. The van der Waals surface area contributed by atoms with E-state index in [9.17, 15) is 5.11 Å². The van der Waals surface area contributed by atoms with E-state index < -0.39 is 6.10 Å². The number of hydrogen-bond acceptors (Lipinski definition) is 8. The van der Waals surface area contributed by atoms with Crippen molar-refractivity contribution in [1.82, 2.24) is 0 Å². The highest BCUT2D eigenvalue weighted by atomic mass is 16.5. The van der Waals surface area contributed by atoms with Gasteiger partial charge < -0.3 is 38.3 Å². The van der Waals surface area contributed by atoms with Gasteiger partial charge in [-0.1, -0.05) is 30.4 Å². The molecule has 3 aromatic carbocycles. The lowest BCUT2D eigenvalue weighted by Gasteiger charge is -2.38. The van der Waals surface area contributed by atoms with Gasteiger partial charge >= 0.3 is 0 Å². The molecule has 0 bridgehead atoms. The van der Waals surface area contributed by atoms with Crippen LogP contribution in [0.4, 0.5) is 0 Å². The zero-order valence-corrected chi connectivity index (χ0v) is 24.6. The monoisotopic (exact) mass is 564 g/mol. The number of ether oxygens (including phenoxy) is 7. The Bertz CT molecular complexity index is 1320. The molecule has 1 unspecified atom stereocenters. The van der Waals surface area contributed by atoms with Crippen LogP contribution in [0.2, 0.25) is 0 Å². The maximum atomic E-state index is 11.4. The molecule has 3 aromatic rings. The maximum absolute atomic E-state index is 11.4. The summed E-state index contributed by atoms with van der Waals surface area (Å²) in [5.41, 5.74) is 2.77. The zero-order chi connectivity index (χ0) is 29.4. The molecule has 4 atom stereocenters. The number of methoxy groups -OCH3 is 6. The lowest BCUT2D eigenvalue weighted by molar-refractivity contribution is -0.0901.